The van der Waals surface area contributed by atoms with Gasteiger partial charge in [0.15, 0.2) is 0 Å². The number of rotatable bonds is 2. The maximum absolute atomic E-state index is 5.36. The molecule has 2 saturated heterocycles. The molecule has 3 heteroatoms. The molecular formula is C16H24ClNO. The van der Waals surface area contributed by atoms with E-state index >= 15 is 0 Å². The highest BCUT2D eigenvalue weighted by Gasteiger charge is 2.32. The Balaban J connectivity index is 0.00000133. The summed E-state index contributed by atoms with van der Waals surface area (Å²) in [7, 11) is 1.75. The fraction of sp³-hybridized carbons (Fsp3) is 0.625. The summed E-state index contributed by atoms with van der Waals surface area (Å²) in [5.41, 5.74) is 1.45. The van der Waals surface area contributed by atoms with Crippen LogP contribution in [0, 0.1) is 0 Å². The number of methoxy groups -OCH3 is 1. The summed E-state index contributed by atoms with van der Waals surface area (Å²) in [6.45, 7) is 1.28. The van der Waals surface area contributed by atoms with Crippen molar-refractivity contribution in [1.29, 1.82) is 0 Å². The fourth-order valence-electron chi connectivity index (χ4n) is 3.66. The third-order valence-electron chi connectivity index (χ3n) is 4.57. The van der Waals surface area contributed by atoms with Gasteiger partial charge in [-0.05, 0) is 56.3 Å². The molecule has 106 valence electrons. The summed E-state index contributed by atoms with van der Waals surface area (Å²) >= 11 is 0. The average molecular weight is 282 g/mol. The Morgan fingerprint density at radius 2 is 1.95 bits per heavy atom. The van der Waals surface area contributed by atoms with Crippen LogP contribution in [0.5, 0.6) is 5.75 Å². The van der Waals surface area contributed by atoms with Gasteiger partial charge in [0.2, 0.25) is 0 Å². The molecule has 0 N–H and O–H groups in total. The Hall–Kier alpha value is -0.730. The number of hydrogen-bond acceptors (Lipinski definition) is 2. The maximum Gasteiger partial charge on any atom is 0.119 e. The second-order valence-corrected chi connectivity index (χ2v) is 5.61. The van der Waals surface area contributed by atoms with Crippen LogP contribution in [0.2, 0.25) is 0 Å². The topological polar surface area (TPSA) is 12.5 Å². The van der Waals surface area contributed by atoms with E-state index < -0.39 is 0 Å². The zero-order chi connectivity index (χ0) is 12.4. The van der Waals surface area contributed by atoms with E-state index in [2.05, 4.69) is 23.1 Å². The largest absolute Gasteiger partial charge is 0.497 e. The van der Waals surface area contributed by atoms with Crippen molar-refractivity contribution in [3.8, 4) is 5.75 Å². The van der Waals surface area contributed by atoms with E-state index in [9.17, 15) is 0 Å². The number of benzene rings is 1. The quantitative estimate of drug-likeness (QED) is 0.806. The first-order chi connectivity index (χ1) is 8.88. The minimum absolute atomic E-state index is 0. The monoisotopic (exact) mass is 281 g/mol. The van der Waals surface area contributed by atoms with Gasteiger partial charge in [0.25, 0.3) is 0 Å². The highest BCUT2D eigenvalue weighted by atomic mass is 35.5. The average Bonchev–Trinajstić information content (AvgIpc) is 2.47. The van der Waals surface area contributed by atoms with Gasteiger partial charge in [0, 0.05) is 12.1 Å². The van der Waals surface area contributed by atoms with Gasteiger partial charge >= 0.3 is 0 Å². The number of halogens is 1. The van der Waals surface area contributed by atoms with E-state index in [-0.39, 0.29) is 12.4 Å². The van der Waals surface area contributed by atoms with Gasteiger partial charge in [-0.3, -0.25) is 4.90 Å². The lowest BCUT2D eigenvalue weighted by molar-refractivity contribution is 0.0517. The van der Waals surface area contributed by atoms with Crippen LogP contribution in [0.25, 0.3) is 0 Å². The smallest absolute Gasteiger partial charge is 0.119 e. The van der Waals surface area contributed by atoms with Gasteiger partial charge in [0.05, 0.1) is 7.11 Å². The van der Waals surface area contributed by atoms with Crippen molar-refractivity contribution in [2.75, 3.05) is 13.7 Å². The first-order valence-corrected chi connectivity index (χ1v) is 7.28. The predicted molar refractivity (Wildman–Crippen MR) is 81.2 cm³/mol. The van der Waals surface area contributed by atoms with Gasteiger partial charge in [-0.1, -0.05) is 18.6 Å². The molecule has 0 radical (unpaired) electrons. The standard InChI is InChI=1S/C16H23NO.ClH/c1-18-15-9-4-6-13(12-15)16-10-5-8-14-7-2-3-11-17(14)16;/h4,6,9,12,14,16H,2-3,5,7-8,10-11H2,1H3;1H/t14-,16-;/m0./s1. The van der Waals surface area contributed by atoms with E-state index in [1.54, 1.807) is 7.11 Å². The molecule has 1 aromatic carbocycles. The van der Waals surface area contributed by atoms with Gasteiger partial charge in [0.1, 0.15) is 5.75 Å². The molecule has 0 saturated carbocycles. The molecule has 0 unspecified atom stereocenters. The Morgan fingerprint density at radius 1 is 1.11 bits per heavy atom. The molecule has 1 aromatic rings. The van der Waals surface area contributed by atoms with Crippen LogP contribution in [0.3, 0.4) is 0 Å². The van der Waals surface area contributed by atoms with E-state index in [1.165, 1.54) is 50.6 Å². The molecule has 2 atom stereocenters. The van der Waals surface area contributed by atoms with Crippen LogP contribution in [0.15, 0.2) is 24.3 Å². The molecule has 0 amide bonds. The maximum atomic E-state index is 5.36. The van der Waals surface area contributed by atoms with Crippen molar-refractivity contribution in [2.45, 2.75) is 50.6 Å². The van der Waals surface area contributed by atoms with E-state index in [0.29, 0.717) is 6.04 Å². The lowest BCUT2D eigenvalue weighted by Crippen LogP contribution is -2.44. The van der Waals surface area contributed by atoms with Gasteiger partial charge < -0.3 is 4.74 Å². The third-order valence-corrected chi connectivity index (χ3v) is 4.57. The fourth-order valence-corrected chi connectivity index (χ4v) is 3.66. The Labute approximate surface area is 122 Å². The number of nitrogens with zero attached hydrogens (tertiary/aromatic N) is 1. The zero-order valence-electron chi connectivity index (χ0n) is 11.7. The first kappa shape index (κ1) is 14.7. The van der Waals surface area contributed by atoms with Crippen molar-refractivity contribution in [3.63, 3.8) is 0 Å². The zero-order valence-corrected chi connectivity index (χ0v) is 12.5. The second-order valence-electron chi connectivity index (χ2n) is 5.61. The Morgan fingerprint density at radius 3 is 2.79 bits per heavy atom. The van der Waals surface area contributed by atoms with E-state index in [4.69, 9.17) is 4.74 Å². The van der Waals surface area contributed by atoms with E-state index in [1.807, 2.05) is 6.07 Å². The number of fused-ring (bicyclic) bond motifs is 1. The molecule has 2 aliphatic rings. The summed E-state index contributed by atoms with van der Waals surface area (Å²) in [4.78, 5) is 2.75. The predicted octanol–water partition coefficient (Wildman–Crippen LogP) is 4.20. The summed E-state index contributed by atoms with van der Waals surface area (Å²) in [5, 5.41) is 0. The van der Waals surface area contributed by atoms with Crippen LogP contribution in [-0.2, 0) is 0 Å². The second kappa shape index (κ2) is 6.62. The lowest BCUT2D eigenvalue weighted by atomic mass is 9.86. The summed E-state index contributed by atoms with van der Waals surface area (Å²) < 4.78 is 5.36. The van der Waals surface area contributed by atoms with Crippen molar-refractivity contribution in [3.05, 3.63) is 29.8 Å². The third kappa shape index (κ3) is 3.06. The molecule has 0 spiro atoms. The summed E-state index contributed by atoms with van der Waals surface area (Å²) in [5.74, 6) is 0.992. The van der Waals surface area contributed by atoms with Gasteiger partial charge in [-0.15, -0.1) is 12.4 Å². The highest BCUT2D eigenvalue weighted by Crippen LogP contribution is 2.39. The minimum Gasteiger partial charge on any atom is -0.497 e. The Bertz CT molecular complexity index is 407. The van der Waals surface area contributed by atoms with Crippen LogP contribution in [-0.4, -0.2) is 24.6 Å². The van der Waals surface area contributed by atoms with Crippen molar-refractivity contribution >= 4 is 12.4 Å². The van der Waals surface area contributed by atoms with E-state index in [0.717, 1.165) is 11.8 Å². The number of hydrogen-bond donors (Lipinski definition) is 0. The summed E-state index contributed by atoms with van der Waals surface area (Å²) in [6.07, 6.45) is 8.29. The molecule has 2 aliphatic heterocycles. The Kier molecular flexibility index (Phi) is 5.12. The van der Waals surface area contributed by atoms with Crippen LogP contribution in [0.4, 0.5) is 0 Å². The number of ether oxygens (including phenoxy) is 1. The van der Waals surface area contributed by atoms with Crippen molar-refractivity contribution < 1.29 is 4.74 Å². The van der Waals surface area contributed by atoms with Gasteiger partial charge in [-0.2, -0.15) is 0 Å². The van der Waals surface area contributed by atoms with Crippen LogP contribution >= 0.6 is 12.4 Å². The highest BCUT2D eigenvalue weighted by molar-refractivity contribution is 5.85. The number of piperidine rings is 2. The molecule has 0 bridgehead atoms. The van der Waals surface area contributed by atoms with Crippen molar-refractivity contribution in [2.24, 2.45) is 0 Å². The SMILES string of the molecule is COc1cccc([C@@H]2CCC[C@@H]3CCCCN32)c1.Cl. The molecule has 0 aliphatic carbocycles. The molecule has 2 nitrogen and oxygen atoms in total. The molecule has 2 fully saturated rings. The summed E-state index contributed by atoms with van der Waals surface area (Å²) in [6, 6.07) is 10.1. The van der Waals surface area contributed by atoms with Crippen molar-refractivity contribution in [1.82, 2.24) is 4.90 Å². The van der Waals surface area contributed by atoms with Crippen LogP contribution in [0.1, 0.15) is 50.1 Å². The minimum atomic E-state index is 0. The first-order valence-electron chi connectivity index (χ1n) is 7.28. The normalized spacial score (nSPS) is 27.2. The molecular weight excluding hydrogens is 258 g/mol. The molecule has 2 heterocycles. The van der Waals surface area contributed by atoms with Crippen LogP contribution < -0.4 is 4.74 Å². The molecule has 3 rings (SSSR count). The molecule has 0 aromatic heterocycles. The van der Waals surface area contributed by atoms with Gasteiger partial charge in [-0.25, -0.2) is 0 Å². The lowest BCUT2D eigenvalue weighted by Gasteiger charge is -2.45. The molecule has 19 heavy (non-hydrogen) atoms.